The SMILES string of the molecule is C1CCC1.C=C1C=CC2(C)C(=C1)CCC1C2=CC[C@@]2(C)C1C[C@H](CC)[C@@H]2C(=C)CC. The second kappa shape index (κ2) is 8.33. The number of allylic oxidation sites excluding steroid dienone is 8. The van der Waals surface area contributed by atoms with Crippen LogP contribution in [0.2, 0.25) is 0 Å². The van der Waals surface area contributed by atoms with E-state index in [-0.39, 0.29) is 5.41 Å². The Morgan fingerprint density at radius 2 is 1.83 bits per heavy atom. The van der Waals surface area contributed by atoms with Gasteiger partial charge in [-0.15, -0.1) is 0 Å². The summed E-state index contributed by atoms with van der Waals surface area (Å²) in [4.78, 5) is 0. The van der Waals surface area contributed by atoms with Gasteiger partial charge in [0.2, 0.25) is 0 Å². The summed E-state index contributed by atoms with van der Waals surface area (Å²) >= 11 is 0. The van der Waals surface area contributed by atoms with Crippen LogP contribution in [0.4, 0.5) is 0 Å². The Labute approximate surface area is 186 Å². The van der Waals surface area contributed by atoms with E-state index in [1.165, 1.54) is 68.9 Å². The van der Waals surface area contributed by atoms with Crippen molar-refractivity contribution in [2.75, 3.05) is 0 Å². The van der Waals surface area contributed by atoms with E-state index in [9.17, 15) is 0 Å². The highest BCUT2D eigenvalue weighted by Crippen LogP contribution is 2.66. The molecule has 5 aliphatic carbocycles. The molecule has 0 nitrogen and oxygen atoms in total. The first-order valence-corrected chi connectivity index (χ1v) is 12.8. The van der Waals surface area contributed by atoms with Crippen LogP contribution >= 0.6 is 0 Å². The Hall–Kier alpha value is -1.30. The topological polar surface area (TPSA) is 0 Å². The van der Waals surface area contributed by atoms with E-state index in [1.54, 1.807) is 11.1 Å². The highest BCUT2D eigenvalue weighted by molar-refractivity contribution is 5.50. The smallest absolute Gasteiger partial charge is 0.0281 e. The second-order valence-electron chi connectivity index (χ2n) is 11.2. The van der Waals surface area contributed by atoms with Gasteiger partial charge >= 0.3 is 0 Å². The fourth-order valence-electron chi connectivity index (χ4n) is 7.45. The molecule has 0 spiro atoms. The van der Waals surface area contributed by atoms with E-state index in [2.05, 4.69) is 65.2 Å². The van der Waals surface area contributed by atoms with Gasteiger partial charge in [0.1, 0.15) is 0 Å². The van der Waals surface area contributed by atoms with E-state index in [0.717, 1.165) is 24.2 Å². The van der Waals surface area contributed by atoms with Crippen molar-refractivity contribution in [1.29, 1.82) is 0 Å². The molecule has 0 aromatic heterocycles. The van der Waals surface area contributed by atoms with Gasteiger partial charge in [0.05, 0.1) is 0 Å². The lowest BCUT2D eigenvalue weighted by atomic mass is 9.52. The monoisotopic (exact) mass is 404 g/mol. The van der Waals surface area contributed by atoms with Crippen molar-refractivity contribution in [3.8, 4) is 0 Å². The molecule has 5 rings (SSSR count). The molecule has 0 amide bonds. The number of rotatable bonds is 3. The number of hydrogen-bond donors (Lipinski definition) is 0. The van der Waals surface area contributed by atoms with Crippen LogP contribution < -0.4 is 0 Å². The predicted molar refractivity (Wildman–Crippen MR) is 131 cm³/mol. The third kappa shape index (κ3) is 3.43. The molecule has 0 radical (unpaired) electrons. The van der Waals surface area contributed by atoms with Crippen LogP contribution in [0.5, 0.6) is 0 Å². The molecule has 0 aliphatic heterocycles. The zero-order valence-electron chi connectivity index (χ0n) is 20.1. The first-order chi connectivity index (χ1) is 14.3. The van der Waals surface area contributed by atoms with Gasteiger partial charge in [-0.25, -0.2) is 0 Å². The molecule has 0 aromatic carbocycles. The maximum atomic E-state index is 4.53. The lowest BCUT2D eigenvalue weighted by Gasteiger charge is -2.52. The van der Waals surface area contributed by atoms with Gasteiger partial charge in [0.25, 0.3) is 0 Å². The average Bonchev–Trinajstić information content (AvgIpc) is 2.99. The Morgan fingerprint density at radius 1 is 1.13 bits per heavy atom. The predicted octanol–water partition coefficient (Wildman–Crippen LogP) is 8.98. The van der Waals surface area contributed by atoms with Gasteiger partial charge in [-0.2, -0.15) is 0 Å². The summed E-state index contributed by atoms with van der Waals surface area (Å²) in [5, 5.41) is 0. The van der Waals surface area contributed by atoms with Gasteiger partial charge in [-0.1, -0.05) is 107 Å². The van der Waals surface area contributed by atoms with Gasteiger partial charge in [-0.05, 0) is 73.7 Å². The molecule has 3 unspecified atom stereocenters. The van der Waals surface area contributed by atoms with Gasteiger partial charge in [-0.3, -0.25) is 0 Å². The Kier molecular flexibility index (Phi) is 6.08. The van der Waals surface area contributed by atoms with Gasteiger partial charge < -0.3 is 0 Å². The molecule has 30 heavy (non-hydrogen) atoms. The quantitative estimate of drug-likeness (QED) is 0.412. The molecule has 0 heterocycles. The van der Waals surface area contributed by atoms with Crippen LogP contribution in [0.15, 0.2) is 59.8 Å². The number of hydrogen-bond acceptors (Lipinski definition) is 0. The minimum Gasteiger partial charge on any atom is -0.0996 e. The van der Waals surface area contributed by atoms with Crippen molar-refractivity contribution in [2.45, 2.75) is 91.9 Å². The first kappa shape index (κ1) is 21.9. The molecule has 0 saturated heterocycles. The lowest BCUT2D eigenvalue weighted by Crippen LogP contribution is -2.43. The normalized spacial score (nSPS) is 41.3. The summed E-state index contributed by atoms with van der Waals surface area (Å²) in [6, 6.07) is 0. The lowest BCUT2D eigenvalue weighted by molar-refractivity contribution is 0.101. The summed E-state index contributed by atoms with van der Waals surface area (Å²) in [7, 11) is 0. The fraction of sp³-hybridized carbons (Fsp3) is 0.667. The zero-order chi connectivity index (χ0) is 21.5. The third-order valence-corrected chi connectivity index (χ3v) is 9.63. The summed E-state index contributed by atoms with van der Waals surface area (Å²) in [6.45, 7) is 18.5. The summed E-state index contributed by atoms with van der Waals surface area (Å²) in [5.74, 6) is 3.14. The molecule has 164 valence electrons. The van der Waals surface area contributed by atoms with Gasteiger partial charge in [0.15, 0.2) is 0 Å². The molecule has 3 fully saturated rings. The van der Waals surface area contributed by atoms with Gasteiger partial charge in [0, 0.05) is 5.41 Å². The Morgan fingerprint density at radius 3 is 2.43 bits per heavy atom. The molecule has 0 heteroatoms. The highest BCUT2D eigenvalue weighted by atomic mass is 14.6. The van der Waals surface area contributed by atoms with Crippen LogP contribution in [0, 0.1) is 34.5 Å². The minimum absolute atomic E-state index is 0.146. The van der Waals surface area contributed by atoms with Crippen molar-refractivity contribution in [2.24, 2.45) is 34.5 Å². The fourth-order valence-corrected chi connectivity index (χ4v) is 7.45. The number of fused-ring (bicyclic) bond motifs is 5. The molecular weight excluding hydrogens is 360 g/mol. The Bertz CT molecular complexity index is 781. The third-order valence-electron chi connectivity index (χ3n) is 9.63. The van der Waals surface area contributed by atoms with Crippen molar-refractivity contribution in [1.82, 2.24) is 0 Å². The molecule has 0 bridgehead atoms. The summed E-state index contributed by atoms with van der Waals surface area (Å²) < 4.78 is 0. The van der Waals surface area contributed by atoms with Crippen molar-refractivity contribution >= 4 is 0 Å². The van der Waals surface area contributed by atoms with E-state index < -0.39 is 0 Å². The van der Waals surface area contributed by atoms with Crippen molar-refractivity contribution in [3.63, 3.8) is 0 Å². The van der Waals surface area contributed by atoms with E-state index in [4.69, 9.17) is 0 Å². The maximum absolute atomic E-state index is 4.53. The van der Waals surface area contributed by atoms with Crippen LogP contribution in [0.1, 0.15) is 91.9 Å². The largest absolute Gasteiger partial charge is 0.0996 e. The molecule has 0 N–H and O–H groups in total. The zero-order valence-corrected chi connectivity index (χ0v) is 20.1. The van der Waals surface area contributed by atoms with Crippen molar-refractivity contribution < 1.29 is 0 Å². The second-order valence-corrected chi connectivity index (χ2v) is 11.2. The van der Waals surface area contributed by atoms with E-state index in [1.807, 2.05) is 0 Å². The average molecular weight is 405 g/mol. The highest BCUT2D eigenvalue weighted by Gasteiger charge is 2.58. The Balaban J connectivity index is 0.000000489. The molecule has 3 saturated carbocycles. The van der Waals surface area contributed by atoms with Crippen LogP contribution in [-0.4, -0.2) is 0 Å². The van der Waals surface area contributed by atoms with Crippen LogP contribution in [-0.2, 0) is 0 Å². The van der Waals surface area contributed by atoms with Crippen LogP contribution in [0.3, 0.4) is 0 Å². The summed E-state index contributed by atoms with van der Waals surface area (Å²) in [6.07, 6.45) is 23.4. The van der Waals surface area contributed by atoms with E-state index in [0.29, 0.717) is 11.3 Å². The van der Waals surface area contributed by atoms with Crippen LogP contribution in [0.25, 0.3) is 0 Å². The molecule has 5 aliphatic rings. The standard InChI is InChI=1S/C26H36.C4H8/c1-7-18(4)24-19(8-2)16-23-21-10-9-20-15-17(3)11-13-25(20,5)22(21)12-14-26(23,24)6;1-2-4-3-1/h11-13,15,19,21,23-24H,3-4,7-10,14,16H2,1-2,5-6H3;1-4H2/t19-,21?,23?,24-,25?,26-;/m0./s1. The van der Waals surface area contributed by atoms with Crippen molar-refractivity contribution in [3.05, 3.63) is 59.8 Å². The molecule has 6 atom stereocenters. The molecule has 0 aromatic rings. The molecular formula is C30H44. The summed E-state index contributed by atoms with van der Waals surface area (Å²) in [5.41, 5.74) is 6.56. The minimum atomic E-state index is 0.146. The van der Waals surface area contributed by atoms with E-state index >= 15 is 0 Å². The maximum Gasteiger partial charge on any atom is 0.0281 e. The first-order valence-electron chi connectivity index (χ1n) is 12.8.